The molecule has 0 bridgehead atoms. The van der Waals surface area contributed by atoms with Gasteiger partial charge in [0.1, 0.15) is 0 Å². The summed E-state index contributed by atoms with van der Waals surface area (Å²) < 4.78 is 5.26. The summed E-state index contributed by atoms with van der Waals surface area (Å²) in [6, 6.07) is 2.62. The molecule has 4 heteroatoms. The lowest BCUT2D eigenvalue weighted by atomic mass is 10.2. The zero-order valence-corrected chi connectivity index (χ0v) is 8.29. The molecular formula is C9H17N3O. The summed E-state index contributed by atoms with van der Waals surface area (Å²) in [5.41, 5.74) is 0. The fourth-order valence-electron chi connectivity index (χ4n) is 1.57. The van der Waals surface area contributed by atoms with Crippen LogP contribution >= 0.6 is 0 Å². The van der Waals surface area contributed by atoms with E-state index in [-0.39, 0.29) is 6.10 Å². The summed E-state index contributed by atoms with van der Waals surface area (Å²) in [6.45, 7) is 5.46. The van der Waals surface area contributed by atoms with Crippen molar-refractivity contribution in [2.45, 2.75) is 19.1 Å². The lowest BCUT2D eigenvalue weighted by Crippen LogP contribution is -2.49. The number of hydrogen-bond acceptors (Lipinski definition) is 4. The van der Waals surface area contributed by atoms with E-state index >= 15 is 0 Å². The number of likely N-dealkylation sites (N-methyl/N-ethyl adjacent to an activating group) is 1. The molecule has 2 atom stereocenters. The summed E-state index contributed by atoms with van der Waals surface area (Å²) in [7, 11) is 1.94. The molecule has 1 rings (SSSR count). The molecule has 1 fully saturated rings. The summed E-state index contributed by atoms with van der Waals surface area (Å²) in [6.07, 6.45) is -0.243. The third-order valence-corrected chi connectivity index (χ3v) is 2.36. The van der Waals surface area contributed by atoms with Crippen LogP contribution in [-0.4, -0.2) is 50.3 Å². The lowest BCUT2D eigenvalue weighted by Gasteiger charge is -2.34. The Balaban J connectivity index is 2.37. The van der Waals surface area contributed by atoms with Gasteiger partial charge in [-0.05, 0) is 14.0 Å². The van der Waals surface area contributed by atoms with Gasteiger partial charge in [0.25, 0.3) is 0 Å². The zero-order chi connectivity index (χ0) is 9.68. The number of rotatable bonds is 3. The normalized spacial score (nSPS) is 26.7. The van der Waals surface area contributed by atoms with Crippen molar-refractivity contribution in [3.63, 3.8) is 0 Å². The van der Waals surface area contributed by atoms with Gasteiger partial charge in [0.05, 0.1) is 12.7 Å². The average molecular weight is 183 g/mol. The first-order valence-electron chi connectivity index (χ1n) is 4.67. The highest BCUT2D eigenvalue weighted by Gasteiger charge is 2.22. The van der Waals surface area contributed by atoms with Crippen LogP contribution in [-0.2, 0) is 4.74 Å². The number of ether oxygens (including phenoxy) is 1. The Labute approximate surface area is 79.5 Å². The molecule has 1 saturated heterocycles. The number of nitrogens with one attached hydrogen (secondary N) is 1. The Hall–Kier alpha value is -0.630. The van der Waals surface area contributed by atoms with Gasteiger partial charge >= 0.3 is 0 Å². The van der Waals surface area contributed by atoms with E-state index in [1.54, 1.807) is 0 Å². The van der Waals surface area contributed by atoms with Gasteiger partial charge in [-0.15, -0.1) is 0 Å². The van der Waals surface area contributed by atoms with E-state index in [0.717, 1.165) is 19.6 Å². The van der Waals surface area contributed by atoms with Crippen molar-refractivity contribution in [3.05, 3.63) is 0 Å². The van der Waals surface area contributed by atoms with Gasteiger partial charge < -0.3 is 10.1 Å². The summed E-state index contributed by atoms with van der Waals surface area (Å²) in [5.74, 6) is 0. The molecule has 0 saturated carbocycles. The zero-order valence-electron chi connectivity index (χ0n) is 8.29. The number of nitrogens with zero attached hydrogens (tertiary/aromatic N) is 2. The Morgan fingerprint density at radius 2 is 2.54 bits per heavy atom. The van der Waals surface area contributed by atoms with Crippen LogP contribution in [0.2, 0.25) is 0 Å². The minimum atomic E-state index is -0.243. The van der Waals surface area contributed by atoms with Crippen LogP contribution in [0, 0.1) is 11.3 Å². The molecule has 0 aromatic heterocycles. The first-order chi connectivity index (χ1) is 6.27. The highest BCUT2D eigenvalue weighted by molar-refractivity contribution is 4.90. The van der Waals surface area contributed by atoms with Crippen molar-refractivity contribution in [1.29, 1.82) is 5.26 Å². The fraction of sp³-hybridized carbons (Fsp3) is 0.889. The van der Waals surface area contributed by atoms with Gasteiger partial charge in [-0.1, -0.05) is 0 Å². The minimum absolute atomic E-state index is 0.243. The van der Waals surface area contributed by atoms with Crippen LogP contribution in [0.25, 0.3) is 0 Å². The largest absolute Gasteiger partial charge is 0.361 e. The maximum Gasteiger partial charge on any atom is 0.156 e. The molecule has 1 aliphatic rings. The van der Waals surface area contributed by atoms with Crippen LogP contribution in [0.3, 0.4) is 0 Å². The van der Waals surface area contributed by atoms with Crippen molar-refractivity contribution in [2.24, 2.45) is 0 Å². The molecule has 0 spiro atoms. The van der Waals surface area contributed by atoms with Crippen molar-refractivity contribution in [2.75, 3.05) is 33.3 Å². The van der Waals surface area contributed by atoms with Gasteiger partial charge in [0, 0.05) is 25.7 Å². The van der Waals surface area contributed by atoms with E-state index < -0.39 is 0 Å². The monoisotopic (exact) mass is 183 g/mol. The van der Waals surface area contributed by atoms with Crippen molar-refractivity contribution >= 4 is 0 Å². The molecule has 74 valence electrons. The molecule has 13 heavy (non-hydrogen) atoms. The molecule has 1 N–H and O–H groups in total. The summed E-state index contributed by atoms with van der Waals surface area (Å²) in [4.78, 5) is 2.29. The third kappa shape index (κ3) is 2.96. The van der Waals surface area contributed by atoms with Crippen molar-refractivity contribution < 1.29 is 4.74 Å². The highest BCUT2D eigenvalue weighted by atomic mass is 16.5. The fourth-order valence-corrected chi connectivity index (χ4v) is 1.57. The van der Waals surface area contributed by atoms with E-state index in [0.29, 0.717) is 12.6 Å². The van der Waals surface area contributed by atoms with Crippen LogP contribution in [0.1, 0.15) is 6.92 Å². The molecule has 0 aromatic rings. The highest BCUT2D eigenvalue weighted by Crippen LogP contribution is 2.07. The van der Waals surface area contributed by atoms with Gasteiger partial charge in [-0.25, -0.2) is 0 Å². The molecule has 0 amide bonds. The number of morpholine rings is 1. The Kier molecular flexibility index (Phi) is 4.16. The predicted molar refractivity (Wildman–Crippen MR) is 50.3 cm³/mol. The molecule has 1 heterocycles. The standard InChI is InChI=1S/C9H17N3O/c1-8(6-11-2)12-3-4-13-9(5-10)7-12/h8-9,11H,3-4,6-7H2,1-2H3. The first kappa shape index (κ1) is 10.5. The second-order valence-corrected chi connectivity index (χ2v) is 3.39. The van der Waals surface area contributed by atoms with Crippen molar-refractivity contribution in [1.82, 2.24) is 10.2 Å². The quantitative estimate of drug-likeness (QED) is 0.659. The Morgan fingerprint density at radius 3 is 3.15 bits per heavy atom. The average Bonchev–Trinajstić information content (AvgIpc) is 2.18. The predicted octanol–water partition coefficient (Wildman–Crippen LogP) is -0.181. The van der Waals surface area contributed by atoms with Gasteiger partial charge in [0.15, 0.2) is 6.10 Å². The molecule has 4 nitrogen and oxygen atoms in total. The first-order valence-corrected chi connectivity index (χ1v) is 4.67. The Bertz CT molecular complexity index is 190. The molecule has 0 aromatic carbocycles. The lowest BCUT2D eigenvalue weighted by molar-refractivity contribution is -0.0136. The molecule has 1 aliphatic heterocycles. The van der Waals surface area contributed by atoms with E-state index in [1.165, 1.54) is 0 Å². The van der Waals surface area contributed by atoms with Crippen LogP contribution in [0.5, 0.6) is 0 Å². The number of hydrogen-bond donors (Lipinski definition) is 1. The van der Waals surface area contributed by atoms with E-state index in [2.05, 4.69) is 23.2 Å². The van der Waals surface area contributed by atoms with E-state index in [4.69, 9.17) is 10.00 Å². The second-order valence-electron chi connectivity index (χ2n) is 3.39. The molecule has 0 radical (unpaired) electrons. The van der Waals surface area contributed by atoms with Crippen LogP contribution in [0.4, 0.5) is 0 Å². The van der Waals surface area contributed by atoms with Gasteiger partial charge in [-0.2, -0.15) is 5.26 Å². The molecule has 0 aliphatic carbocycles. The second kappa shape index (κ2) is 5.18. The topological polar surface area (TPSA) is 48.3 Å². The Morgan fingerprint density at radius 1 is 1.77 bits per heavy atom. The van der Waals surface area contributed by atoms with Gasteiger partial charge in [0.2, 0.25) is 0 Å². The molecular weight excluding hydrogens is 166 g/mol. The summed E-state index contributed by atoms with van der Waals surface area (Å²) in [5, 5.41) is 11.8. The van der Waals surface area contributed by atoms with Crippen molar-refractivity contribution in [3.8, 4) is 6.07 Å². The summed E-state index contributed by atoms with van der Waals surface area (Å²) >= 11 is 0. The third-order valence-electron chi connectivity index (χ3n) is 2.36. The number of nitriles is 1. The maximum atomic E-state index is 8.70. The smallest absolute Gasteiger partial charge is 0.156 e. The maximum absolute atomic E-state index is 8.70. The van der Waals surface area contributed by atoms with Gasteiger partial charge in [-0.3, -0.25) is 4.90 Å². The van der Waals surface area contributed by atoms with Crippen LogP contribution < -0.4 is 5.32 Å². The minimum Gasteiger partial charge on any atom is -0.361 e. The van der Waals surface area contributed by atoms with E-state index in [9.17, 15) is 0 Å². The van der Waals surface area contributed by atoms with Crippen LogP contribution in [0.15, 0.2) is 0 Å². The molecule has 2 unspecified atom stereocenters. The van der Waals surface area contributed by atoms with E-state index in [1.807, 2.05) is 7.05 Å². The SMILES string of the molecule is CNCC(C)N1CCOC(C#N)C1.